The summed E-state index contributed by atoms with van der Waals surface area (Å²) >= 11 is 3.49. The molecule has 122 valence electrons. The minimum atomic E-state index is 0.0236. The third-order valence-corrected chi connectivity index (χ3v) is 4.29. The molecule has 4 nitrogen and oxygen atoms in total. The predicted octanol–water partition coefficient (Wildman–Crippen LogP) is 3.72. The monoisotopic (exact) mass is 377 g/mol. The molecule has 0 bridgehead atoms. The van der Waals surface area contributed by atoms with Crippen molar-refractivity contribution in [1.29, 1.82) is 0 Å². The Hall–Kier alpha value is -2.01. The van der Waals surface area contributed by atoms with E-state index in [0.29, 0.717) is 30.9 Å². The molecule has 0 unspecified atom stereocenters. The summed E-state index contributed by atoms with van der Waals surface area (Å²) < 4.78 is 11.5. The number of hydrogen-bond donors (Lipinski definition) is 1. The number of amides is 1. The molecule has 5 heteroatoms. The summed E-state index contributed by atoms with van der Waals surface area (Å²) in [5, 5.41) is 2.93. The summed E-state index contributed by atoms with van der Waals surface area (Å²) in [4.78, 5) is 12.0. The fourth-order valence-corrected chi connectivity index (χ4v) is 2.71. The van der Waals surface area contributed by atoms with Crippen LogP contribution in [-0.4, -0.2) is 20.1 Å². The van der Waals surface area contributed by atoms with Gasteiger partial charge in [0, 0.05) is 17.4 Å². The minimum Gasteiger partial charge on any atom is -0.493 e. The Bertz CT molecular complexity index is 673. The molecule has 0 saturated heterocycles. The molecule has 0 aliphatic heterocycles. The second-order valence-electron chi connectivity index (χ2n) is 5.06. The van der Waals surface area contributed by atoms with E-state index in [0.717, 1.165) is 15.6 Å². The number of methoxy groups -OCH3 is 2. The van der Waals surface area contributed by atoms with Crippen LogP contribution in [0.5, 0.6) is 11.5 Å². The lowest BCUT2D eigenvalue weighted by atomic mass is 10.1. The molecule has 1 amide bonds. The quantitative estimate of drug-likeness (QED) is 0.799. The fourth-order valence-electron chi connectivity index (χ4n) is 2.23. The van der Waals surface area contributed by atoms with Crippen LogP contribution in [0.4, 0.5) is 0 Å². The van der Waals surface area contributed by atoms with Gasteiger partial charge in [-0.3, -0.25) is 4.79 Å². The number of rotatable bonds is 7. The molecule has 0 spiro atoms. The van der Waals surface area contributed by atoms with Gasteiger partial charge in [0.25, 0.3) is 0 Å². The third-order valence-electron chi connectivity index (χ3n) is 3.52. The summed E-state index contributed by atoms with van der Waals surface area (Å²) in [6, 6.07) is 13.6. The molecular weight excluding hydrogens is 358 g/mol. The molecule has 2 rings (SSSR count). The SMILES string of the molecule is COc1ccc(CNC(=O)CCc2ccccc2Br)cc1OC. The smallest absolute Gasteiger partial charge is 0.220 e. The molecule has 0 aliphatic rings. The first kappa shape index (κ1) is 17.3. The van der Waals surface area contributed by atoms with Gasteiger partial charge in [-0.2, -0.15) is 0 Å². The van der Waals surface area contributed by atoms with Crippen LogP contribution in [0.2, 0.25) is 0 Å². The summed E-state index contributed by atoms with van der Waals surface area (Å²) in [6.45, 7) is 0.467. The molecule has 1 N–H and O–H groups in total. The average Bonchev–Trinajstić information content (AvgIpc) is 2.58. The van der Waals surface area contributed by atoms with Crippen molar-refractivity contribution in [3.05, 3.63) is 58.1 Å². The van der Waals surface area contributed by atoms with Gasteiger partial charge in [0.05, 0.1) is 14.2 Å². The normalized spacial score (nSPS) is 10.2. The lowest BCUT2D eigenvalue weighted by Crippen LogP contribution is -2.23. The molecular formula is C18H20BrNO3. The molecule has 0 aliphatic carbocycles. The van der Waals surface area contributed by atoms with Crippen LogP contribution in [0.3, 0.4) is 0 Å². The molecule has 0 aromatic heterocycles. The van der Waals surface area contributed by atoms with Crippen molar-refractivity contribution in [1.82, 2.24) is 5.32 Å². The molecule has 0 heterocycles. The summed E-state index contributed by atoms with van der Waals surface area (Å²) in [5.41, 5.74) is 2.10. The largest absolute Gasteiger partial charge is 0.493 e. The van der Waals surface area contributed by atoms with Gasteiger partial charge in [0.15, 0.2) is 11.5 Å². The highest BCUT2D eigenvalue weighted by molar-refractivity contribution is 9.10. The average molecular weight is 378 g/mol. The number of ether oxygens (including phenoxy) is 2. The van der Waals surface area contributed by atoms with Crippen molar-refractivity contribution >= 4 is 21.8 Å². The summed E-state index contributed by atoms with van der Waals surface area (Å²) in [5.74, 6) is 1.36. The first-order chi connectivity index (χ1) is 11.1. The van der Waals surface area contributed by atoms with Crippen molar-refractivity contribution in [2.75, 3.05) is 14.2 Å². The van der Waals surface area contributed by atoms with E-state index in [1.165, 1.54) is 0 Å². The topological polar surface area (TPSA) is 47.6 Å². The maximum Gasteiger partial charge on any atom is 0.220 e. The Labute approximate surface area is 144 Å². The Kier molecular flexibility index (Phi) is 6.47. The zero-order chi connectivity index (χ0) is 16.7. The maximum absolute atomic E-state index is 12.0. The summed E-state index contributed by atoms with van der Waals surface area (Å²) in [7, 11) is 3.19. The van der Waals surface area contributed by atoms with Crippen molar-refractivity contribution in [3.8, 4) is 11.5 Å². The number of nitrogens with one attached hydrogen (secondary N) is 1. The molecule has 0 atom stereocenters. The van der Waals surface area contributed by atoms with Gasteiger partial charge in [-0.05, 0) is 35.7 Å². The van der Waals surface area contributed by atoms with Crippen LogP contribution < -0.4 is 14.8 Å². The van der Waals surface area contributed by atoms with Crippen LogP contribution in [-0.2, 0) is 17.8 Å². The van der Waals surface area contributed by atoms with E-state index in [1.54, 1.807) is 14.2 Å². The van der Waals surface area contributed by atoms with Crippen LogP contribution in [0.1, 0.15) is 17.5 Å². The number of hydrogen-bond acceptors (Lipinski definition) is 3. The van der Waals surface area contributed by atoms with E-state index in [9.17, 15) is 4.79 Å². The van der Waals surface area contributed by atoms with E-state index in [-0.39, 0.29) is 5.91 Å². The van der Waals surface area contributed by atoms with Gasteiger partial charge in [0.2, 0.25) is 5.91 Å². The first-order valence-electron chi connectivity index (χ1n) is 7.35. The molecule has 2 aromatic rings. The molecule has 0 saturated carbocycles. The maximum atomic E-state index is 12.0. The standard InChI is InChI=1S/C18H20BrNO3/c1-22-16-9-7-13(11-17(16)23-2)12-20-18(21)10-8-14-5-3-4-6-15(14)19/h3-7,9,11H,8,10,12H2,1-2H3,(H,20,21). The first-order valence-corrected chi connectivity index (χ1v) is 8.14. The number of halogens is 1. The fraction of sp³-hybridized carbons (Fsp3) is 0.278. The Balaban J connectivity index is 1.86. The van der Waals surface area contributed by atoms with E-state index in [4.69, 9.17) is 9.47 Å². The van der Waals surface area contributed by atoms with E-state index < -0.39 is 0 Å². The number of carbonyl (C=O) groups excluding carboxylic acids is 1. The van der Waals surface area contributed by atoms with Gasteiger partial charge in [-0.15, -0.1) is 0 Å². The second kappa shape index (κ2) is 8.58. The van der Waals surface area contributed by atoms with Gasteiger partial charge >= 0.3 is 0 Å². The highest BCUT2D eigenvalue weighted by Crippen LogP contribution is 2.27. The predicted molar refractivity (Wildman–Crippen MR) is 93.9 cm³/mol. The number of carbonyl (C=O) groups is 1. The lowest BCUT2D eigenvalue weighted by Gasteiger charge is -2.10. The molecule has 0 radical (unpaired) electrons. The minimum absolute atomic E-state index is 0.0236. The zero-order valence-corrected chi connectivity index (χ0v) is 14.9. The van der Waals surface area contributed by atoms with Gasteiger partial charge in [0.1, 0.15) is 0 Å². The zero-order valence-electron chi connectivity index (χ0n) is 13.3. The van der Waals surface area contributed by atoms with Gasteiger partial charge in [-0.1, -0.05) is 40.2 Å². The number of benzene rings is 2. The molecule has 2 aromatic carbocycles. The Morgan fingerprint density at radius 1 is 1.09 bits per heavy atom. The molecule has 0 fully saturated rings. The van der Waals surface area contributed by atoms with E-state index in [1.807, 2.05) is 42.5 Å². The van der Waals surface area contributed by atoms with Crippen molar-refractivity contribution < 1.29 is 14.3 Å². The summed E-state index contributed by atoms with van der Waals surface area (Å²) in [6.07, 6.45) is 1.16. The van der Waals surface area contributed by atoms with Gasteiger partial charge < -0.3 is 14.8 Å². The van der Waals surface area contributed by atoms with Crippen LogP contribution in [0.15, 0.2) is 46.9 Å². The van der Waals surface area contributed by atoms with Crippen molar-refractivity contribution in [2.24, 2.45) is 0 Å². The highest BCUT2D eigenvalue weighted by Gasteiger charge is 2.07. The van der Waals surface area contributed by atoms with Crippen molar-refractivity contribution in [2.45, 2.75) is 19.4 Å². The van der Waals surface area contributed by atoms with Crippen molar-refractivity contribution in [3.63, 3.8) is 0 Å². The van der Waals surface area contributed by atoms with Gasteiger partial charge in [-0.25, -0.2) is 0 Å². The highest BCUT2D eigenvalue weighted by atomic mass is 79.9. The van der Waals surface area contributed by atoms with E-state index in [2.05, 4.69) is 21.2 Å². The number of aryl methyl sites for hydroxylation is 1. The van der Waals surface area contributed by atoms with Crippen LogP contribution >= 0.6 is 15.9 Å². The van der Waals surface area contributed by atoms with Crippen LogP contribution in [0, 0.1) is 0 Å². The molecule has 23 heavy (non-hydrogen) atoms. The Morgan fingerprint density at radius 2 is 1.83 bits per heavy atom. The lowest BCUT2D eigenvalue weighted by molar-refractivity contribution is -0.121. The Morgan fingerprint density at radius 3 is 2.52 bits per heavy atom. The van der Waals surface area contributed by atoms with E-state index >= 15 is 0 Å². The second-order valence-corrected chi connectivity index (χ2v) is 5.91. The third kappa shape index (κ3) is 4.99. The van der Waals surface area contributed by atoms with Crippen LogP contribution in [0.25, 0.3) is 0 Å².